The van der Waals surface area contributed by atoms with E-state index >= 15 is 0 Å². The monoisotopic (exact) mass is 505 g/mol. The van der Waals surface area contributed by atoms with E-state index in [0.717, 1.165) is 25.7 Å². The molecule has 0 unspecified atom stereocenters. The van der Waals surface area contributed by atoms with Gasteiger partial charge in [0.25, 0.3) is 0 Å². The van der Waals surface area contributed by atoms with E-state index in [1.165, 1.54) is 13.3 Å². The van der Waals surface area contributed by atoms with Crippen LogP contribution < -0.4 is 15.4 Å². The SMILES string of the molecule is COC(=O)C1CCC(Oc2ccc(NC(=O)c3nnc(Nc4ccc(Cl)cc4Cl)o3)cn2)CC1. The number of aromatic nitrogens is 3. The number of pyridine rings is 1. The highest BCUT2D eigenvalue weighted by atomic mass is 35.5. The topological polar surface area (TPSA) is 128 Å². The van der Waals surface area contributed by atoms with Crippen molar-refractivity contribution in [2.45, 2.75) is 31.8 Å². The lowest BCUT2D eigenvalue weighted by Gasteiger charge is -2.27. The van der Waals surface area contributed by atoms with Crippen molar-refractivity contribution in [1.29, 1.82) is 0 Å². The van der Waals surface area contributed by atoms with Crippen molar-refractivity contribution in [1.82, 2.24) is 15.2 Å². The first-order valence-corrected chi connectivity index (χ1v) is 11.2. The highest BCUT2D eigenvalue weighted by Gasteiger charge is 2.28. The fraction of sp³-hybridized carbons (Fsp3) is 0.318. The molecule has 178 valence electrons. The standard InChI is InChI=1S/C22H21Cl2N5O5/c1-32-21(31)12-2-6-15(7-3-12)33-18-9-5-14(11-25-18)26-19(30)20-28-29-22(34-20)27-17-8-4-13(23)10-16(17)24/h4-5,8-12,15H,2-3,6-7H2,1H3,(H,26,30)(H,27,29). The van der Waals surface area contributed by atoms with Crippen molar-refractivity contribution in [3.8, 4) is 5.88 Å². The van der Waals surface area contributed by atoms with Gasteiger partial charge in [0.05, 0.1) is 35.6 Å². The van der Waals surface area contributed by atoms with Crippen molar-refractivity contribution in [2.75, 3.05) is 17.7 Å². The molecular formula is C22H21Cl2N5O5. The van der Waals surface area contributed by atoms with Crippen LogP contribution in [0.2, 0.25) is 10.0 Å². The second-order valence-corrected chi connectivity index (χ2v) is 8.46. The first-order valence-electron chi connectivity index (χ1n) is 10.5. The molecular weight excluding hydrogens is 485 g/mol. The smallest absolute Gasteiger partial charge is 0.320 e. The van der Waals surface area contributed by atoms with Crippen molar-refractivity contribution in [2.24, 2.45) is 5.92 Å². The molecule has 4 rings (SSSR count). The molecule has 1 aliphatic rings. The summed E-state index contributed by atoms with van der Waals surface area (Å²) in [6, 6.07) is 8.16. The van der Waals surface area contributed by atoms with Gasteiger partial charge < -0.3 is 24.5 Å². The Bertz CT molecular complexity index is 1160. The molecule has 34 heavy (non-hydrogen) atoms. The quantitative estimate of drug-likeness (QED) is 0.431. The Labute approximate surface area is 205 Å². The molecule has 0 saturated heterocycles. The van der Waals surface area contributed by atoms with E-state index in [9.17, 15) is 9.59 Å². The van der Waals surface area contributed by atoms with Gasteiger partial charge in [-0.1, -0.05) is 28.3 Å². The maximum absolute atomic E-state index is 12.4. The molecule has 1 aromatic carbocycles. The summed E-state index contributed by atoms with van der Waals surface area (Å²) in [5.41, 5.74) is 0.931. The highest BCUT2D eigenvalue weighted by molar-refractivity contribution is 6.36. The number of anilines is 3. The van der Waals surface area contributed by atoms with Crippen molar-refractivity contribution < 1.29 is 23.5 Å². The van der Waals surface area contributed by atoms with Crippen LogP contribution in [0.15, 0.2) is 40.9 Å². The van der Waals surface area contributed by atoms with Crippen LogP contribution in [0.25, 0.3) is 0 Å². The number of halogens is 2. The number of esters is 1. The van der Waals surface area contributed by atoms with Gasteiger partial charge >= 0.3 is 23.8 Å². The number of hydrogen-bond acceptors (Lipinski definition) is 9. The summed E-state index contributed by atoms with van der Waals surface area (Å²) < 4.78 is 16.0. The molecule has 3 aromatic rings. The minimum atomic E-state index is -0.598. The van der Waals surface area contributed by atoms with E-state index in [-0.39, 0.29) is 29.9 Å². The van der Waals surface area contributed by atoms with E-state index in [0.29, 0.717) is 27.3 Å². The Morgan fingerprint density at radius 2 is 1.88 bits per heavy atom. The lowest BCUT2D eigenvalue weighted by molar-refractivity contribution is -0.147. The van der Waals surface area contributed by atoms with E-state index < -0.39 is 5.91 Å². The Morgan fingerprint density at radius 1 is 1.09 bits per heavy atom. The largest absolute Gasteiger partial charge is 0.474 e. The lowest BCUT2D eigenvalue weighted by Crippen LogP contribution is -2.28. The van der Waals surface area contributed by atoms with Crippen LogP contribution in [-0.2, 0) is 9.53 Å². The molecule has 0 radical (unpaired) electrons. The Morgan fingerprint density at radius 3 is 2.56 bits per heavy atom. The number of nitrogens with zero attached hydrogens (tertiary/aromatic N) is 3. The van der Waals surface area contributed by atoms with Gasteiger partial charge in [0.15, 0.2) is 0 Å². The fourth-order valence-electron chi connectivity index (χ4n) is 3.53. The van der Waals surface area contributed by atoms with Crippen LogP contribution >= 0.6 is 23.2 Å². The zero-order chi connectivity index (χ0) is 24.1. The lowest BCUT2D eigenvalue weighted by atomic mass is 9.87. The third-order valence-corrected chi connectivity index (χ3v) is 5.83. The summed E-state index contributed by atoms with van der Waals surface area (Å²) in [6.45, 7) is 0. The summed E-state index contributed by atoms with van der Waals surface area (Å²) in [7, 11) is 1.40. The minimum absolute atomic E-state index is 0.00170. The predicted octanol–water partition coefficient (Wildman–Crippen LogP) is 4.88. The van der Waals surface area contributed by atoms with Crippen LogP contribution in [0, 0.1) is 5.92 Å². The molecule has 1 fully saturated rings. The zero-order valence-corrected chi connectivity index (χ0v) is 19.6. The van der Waals surface area contributed by atoms with Crippen molar-refractivity contribution in [3.05, 3.63) is 52.5 Å². The maximum Gasteiger partial charge on any atom is 0.320 e. The van der Waals surface area contributed by atoms with E-state index in [1.54, 1.807) is 30.3 Å². The third kappa shape index (κ3) is 5.95. The molecule has 10 nitrogen and oxygen atoms in total. The molecule has 2 heterocycles. The molecule has 2 N–H and O–H groups in total. The Kier molecular flexibility index (Phi) is 7.49. The van der Waals surface area contributed by atoms with Crippen LogP contribution in [0.1, 0.15) is 36.4 Å². The van der Waals surface area contributed by atoms with Gasteiger partial charge in [-0.25, -0.2) is 4.98 Å². The summed E-state index contributed by atoms with van der Waals surface area (Å²) in [4.78, 5) is 28.3. The molecule has 0 spiro atoms. The van der Waals surface area contributed by atoms with Crippen LogP contribution in [0.5, 0.6) is 5.88 Å². The second kappa shape index (κ2) is 10.7. The normalized spacial score (nSPS) is 17.6. The first kappa shape index (κ1) is 23.8. The van der Waals surface area contributed by atoms with Gasteiger partial charge in [0.2, 0.25) is 5.88 Å². The van der Waals surface area contributed by atoms with Gasteiger partial charge in [0, 0.05) is 11.1 Å². The number of carbonyl (C=O) groups excluding carboxylic acids is 2. The number of methoxy groups -OCH3 is 1. The van der Waals surface area contributed by atoms with Crippen molar-refractivity contribution in [3.63, 3.8) is 0 Å². The maximum atomic E-state index is 12.4. The third-order valence-electron chi connectivity index (χ3n) is 5.28. The molecule has 1 aliphatic carbocycles. The fourth-order valence-corrected chi connectivity index (χ4v) is 3.99. The summed E-state index contributed by atoms with van der Waals surface area (Å²) in [5, 5.41) is 13.8. The number of benzene rings is 1. The van der Waals surface area contributed by atoms with E-state index in [4.69, 9.17) is 37.1 Å². The zero-order valence-electron chi connectivity index (χ0n) is 18.1. The Balaban J connectivity index is 1.29. The number of hydrogen-bond donors (Lipinski definition) is 2. The average molecular weight is 506 g/mol. The number of ether oxygens (including phenoxy) is 2. The van der Waals surface area contributed by atoms with Gasteiger partial charge in [-0.2, -0.15) is 0 Å². The molecule has 2 aromatic heterocycles. The van der Waals surface area contributed by atoms with Crippen LogP contribution in [0.4, 0.5) is 17.4 Å². The van der Waals surface area contributed by atoms with Crippen LogP contribution in [0.3, 0.4) is 0 Å². The minimum Gasteiger partial charge on any atom is -0.474 e. The molecule has 1 amide bonds. The summed E-state index contributed by atoms with van der Waals surface area (Å²) >= 11 is 12.0. The molecule has 0 aliphatic heterocycles. The predicted molar refractivity (Wildman–Crippen MR) is 125 cm³/mol. The van der Waals surface area contributed by atoms with Gasteiger partial charge in [0.1, 0.15) is 6.10 Å². The molecule has 0 bridgehead atoms. The number of nitrogens with one attached hydrogen (secondary N) is 2. The van der Waals surface area contributed by atoms with Gasteiger partial charge in [-0.3, -0.25) is 9.59 Å². The van der Waals surface area contributed by atoms with Crippen molar-refractivity contribution >= 4 is 52.5 Å². The molecule has 0 atom stereocenters. The first-order chi connectivity index (χ1) is 16.4. The molecule has 1 saturated carbocycles. The van der Waals surface area contributed by atoms with Crippen LogP contribution in [-0.4, -0.2) is 40.3 Å². The summed E-state index contributed by atoms with van der Waals surface area (Å²) in [5.74, 6) is -0.646. The number of rotatable bonds is 7. The average Bonchev–Trinajstić information content (AvgIpc) is 3.31. The van der Waals surface area contributed by atoms with E-state index in [2.05, 4.69) is 25.8 Å². The summed E-state index contributed by atoms with van der Waals surface area (Å²) in [6.07, 6.45) is 4.38. The van der Waals surface area contributed by atoms with Gasteiger partial charge in [-0.05, 0) is 49.9 Å². The second-order valence-electron chi connectivity index (χ2n) is 7.62. The number of amides is 1. The van der Waals surface area contributed by atoms with Gasteiger partial charge in [-0.15, -0.1) is 5.10 Å². The van der Waals surface area contributed by atoms with E-state index in [1.807, 2.05) is 0 Å². The number of carbonyl (C=O) groups is 2. The highest BCUT2D eigenvalue weighted by Crippen LogP contribution is 2.29. The molecule has 12 heteroatoms. The Hall–Kier alpha value is -3.37.